The second-order valence-electron chi connectivity index (χ2n) is 7.71. The lowest BCUT2D eigenvalue weighted by Gasteiger charge is -2.37. The maximum absolute atomic E-state index is 12.3. The van der Waals surface area contributed by atoms with Crippen molar-refractivity contribution in [1.29, 1.82) is 0 Å². The number of thiophene rings is 1. The minimum Gasteiger partial charge on any atom is -0.375 e. The molecule has 1 N–H and O–H groups in total. The number of aromatic nitrogens is 2. The Bertz CT molecular complexity index is 1140. The molecule has 2 aliphatic heterocycles. The second-order valence-corrected chi connectivity index (χ2v) is 8.79. The summed E-state index contributed by atoms with van der Waals surface area (Å²) in [5.41, 5.74) is 4.20. The highest BCUT2D eigenvalue weighted by molar-refractivity contribution is 7.18. The van der Waals surface area contributed by atoms with E-state index in [9.17, 15) is 4.79 Å². The molecule has 28 heavy (non-hydrogen) atoms. The topological polar surface area (TPSA) is 47.0 Å². The van der Waals surface area contributed by atoms with Crippen LogP contribution in [0.1, 0.15) is 10.4 Å². The second kappa shape index (κ2) is 6.83. The largest absolute Gasteiger partial charge is 0.375 e. The molecule has 6 nitrogen and oxygen atoms in total. The van der Waals surface area contributed by atoms with Crippen molar-refractivity contribution in [1.82, 2.24) is 24.1 Å². The third-order valence-electron chi connectivity index (χ3n) is 5.81. The van der Waals surface area contributed by atoms with Gasteiger partial charge in [0.2, 0.25) is 0 Å². The van der Waals surface area contributed by atoms with Crippen LogP contribution in [0.25, 0.3) is 15.9 Å². The number of nitrogens with one attached hydrogen (secondary N) is 1. The molecule has 0 atom stereocenters. The van der Waals surface area contributed by atoms with Crippen LogP contribution in [0.15, 0.2) is 47.2 Å². The maximum atomic E-state index is 12.3. The van der Waals surface area contributed by atoms with Gasteiger partial charge in [0.25, 0.3) is 5.56 Å². The molecule has 5 rings (SSSR count). The van der Waals surface area contributed by atoms with Crippen molar-refractivity contribution < 1.29 is 0 Å². The van der Waals surface area contributed by atoms with Crippen LogP contribution in [0.4, 0.5) is 0 Å². The van der Waals surface area contributed by atoms with Crippen molar-refractivity contribution in [2.75, 3.05) is 39.8 Å². The lowest BCUT2D eigenvalue weighted by atomic mass is 10.2. The molecule has 3 aromatic heterocycles. The number of nitrogens with zero attached hydrogens (tertiary/aromatic N) is 4. The smallest absolute Gasteiger partial charge is 0.272 e. The van der Waals surface area contributed by atoms with E-state index in [1.54, 1.807) is 11.3 Å². The predicted molar refractivity (Wildman–Crippen MR) is 115 cm³/mol. The van der Waals surface area contributed by atoms with E-state index in [0.717, 1.165) is 49.6 Å². The van der Waals surface area contributed by atoms with Gasteiger partial charge in [-0.3, -0.25) is 9.69 Å². The van der Waals surface area contributed by atoms with Crippen LogP contribution in [0.5, 0.6) is 0 Å². The molecule has 0 amide bonds. The van der Waals surface area contributed by atoms with E-state index in [0.29, 0.717) is 5.52 Å². The van der Waals surface area contributed by atoms with Crippen molar-refractivity contribution in [2.24, 2.45) is 0 Å². The van der Waals surface area contributed by atoms with E-state index >= 15 is 0 Å². The van der Waals surface area contributed by atoms with E-state index in [4.69, 9.17) is 0 Å². The summed E-state index contributed by atoms with van der Waals surface area (Å²) in [6.45, 7) is 8.27. The average molecular weight is 396 g/mol. The van der Waals surface area contributed by atoms with Gasteiger partial charge in [0, 0.05) is 63.6 Å². The van der Waals surface area contributed by atoms with Crippen LogP contribution in [0.2, 0.25) is 0 Å². The zero-order valence-corrected chi connectivity index (χ0v) is 17.1. The van der Waals surface area contributed by atoms with Crippen molar-refractivity contribution in [2.45, 2.75) is 13.5 Å². The molecule has 1 fully saturated rings. The van der Waals surface area contributed by atoms with E-state index < -0.39 is 0 Å². The van der Waals surface area contributed by atoms with Gasteiger partial charge in [-0.15, -0.1) is 11.3 Å². The van der Waals surface area contributed by atoms with Gasteiger partial charge in [-0.1, -0.05) is 6.08 Å². The van der Waals surface area contributed by atoms with Crippen molar-refractivity contribution in [3.05, 3.63) is 63.2 Å². The average Bonchev–Trinajstić information content (AvgIpc) is 3.30. The molecule has 0 aromatic carbocycles. The fourth-order valence-electron chi connectivity index (χ4n) is 4.15. The summed E-state index contributed by atoms with van der Waals surface area (Å²) in [5, 5.41) is 0. The number of fused-ring (bicyclic) bond motifs is 3. The van der Waals surface area contributed by atoms with Crippen LogP contribution in [0, 0.1) is 6.92 Å². The standard InChI is InChI=1S/C21H25N5OS/c1-15-18(28-21-19(15)22-20(27)17-6-4-8-26(17)21)14-24-9-11-25(12-10-24)16-5-3-7-23(2)13-16/h3-6,8,13H,7,9-12,14H2,1-2H3,(H,22,27). The number of H-pyrrole nitrogens is 1. The predicted octanol–water partition coefficient (Wildman–Crippen LogP) is 2.61. The van der Waals surface area contributed by atoms with Gasteiger partial charge >= 0.3 is 0 Å². The fourth-order valence-corrected chi connectivity index (χ4v) is 5.45. The first-order valence-corrected chi connectivity index (χ1v) is 10.6. The number of aromatic amines is 1. The fraction of sp³-hybridized carbons (Fsp3) is 0.381. The van der Waals surface area contributed by atoms with Gasteiger partial charge in [0.15, 0.2) is 0 Å². The van der Waals surface area contributed by atoms with Gasteiger partial charge in [-0.2, -0.15) is 0 Å². The minimum absolute atomic E-state index is 0.0163. The van der Waals surface area contributed by atoms with Gasteiger partial charge in [-0.05, 0) is 30.7 Å². The van der Waals surface area contributed by atoms with Gasteiger partial charge in [0.1, 0.15) is 10.3 Å². The molecule has 2 aliphatic rings. The highest BCUT2D eigenvalue weighted by atomic mass is 32.1. The lowest BCUT2D eigenvalue weighted by molar-refractivity contribution is 0.154. The van der Waals surface area contributed by atoms with Gasteiger partial charge < -0.3 is 19.2 Å². The first-order valence-electron chi connectivity index (χ1n) is 9.77. The summed E-state index contributed by atoms with van der Waals surface area (Å²) in [7, 11) is 2.12. The molecule has 0 spiro atoms. The Kier molecular flexibility index (Phi) is 4.29. The summed E-state index contributed by atoms with van der Waals surface area (Å²) in [6.07, 6.45) is 8.69. The zero-order chi connectivity index (χ0) is 19.3. The molecule has 0 bridgehead atoms. The normalized spacial score (nSPS) is 18.4. The molecule has 1 saturated heterocycles. The molecule has 3 aromatic rings. The van der Waals surface area contributed by atoms with E-state index in [-0.39, 0.29) is 5.56 Å². The molecule has 0 saturated carbocycles. The highest BCUT2D eigenvalue weighted by Crippen LogP contribution is 2.30. The van der Waals surface area contributed by atoms with Crippen LogP contribution in [-0.4, -0.2) is 63.9 Å². The molecular weight excluding hydrogens is 370 g/mol. The summed E-state index contributed by atoms with van der Waals surface area (Å²) < 4.78 is 2.02. The van der Waals surface area contributed by atoms with Gasteiger partial charge in [0.05, 0.1) is 11.2 Å². The van der Waals surface area contributed by atoms with Crippen molar-refractivity contribution >= 4 is 27.2 Å². The van der Waals surface area contributed by atoms with E-state index in [1.165, 1.54) is 16.1 Å². The van der Waals surface area contributed by atoms with Crippen LogP contribution >= 0.6 is 11.3 Å². The number of hydrogen-bond acceptors (Lipinski definition) is 5. The lowest BCUT2D eigenvalue weighted by Crippen LogP contribution is -2.45. The first kappa shape index (κ1) is 17.6. The molecular formula is C21H25N5OS. The zero-order valence-electron chi connectivity index (χ0n) is 16.3. The van der Waals surface area contributed by atoms with Crippen molar-refractivity contribution in [3.8, 4) is 0 Å². The van der Waals surface area contributed by atoms with Crippen LogP contribution < -0.4 is 5.56 Å². The Balaban J connectivity index is 1.35. The number of piperazine rings is 1. The van der Waals surface area contributed by atoms with Crippen molar-refractivity contribution in [3.63, 3.8) is 0 Å². The summed E-state index contributed by atoms with van der Waals surface area (Å²) >= 11 is 1.80. The Morgan fingerprint density at radius 3 is 2.82 bits per heavy atom. The minimum atomic E-state index is -0.0163. The summed E-state index contributed by atoms with van der Waals surface area (Å²) in [4.78, 5) is 25.1. The summed E-state index contributed by atoms with van der Waals surface area (Å²) in [6, 6.07) is 3.81. The molecule has 0 aliphatic carbocycles. The van der Waals surface area contributed by atoms with E-state index in [2.05, 4.69) is 52.0 Å². The Hall–Kier alpha value is -2.51. The van der Waals surface area contributed by atoms with Gasteiger partial charge in [-0.25, -0.2) is 0 Å². The number of aryl methyl sites for hydroxylation is 1. The third-order valence-corrected chi connectivity index (χ3v) is 7.08. The van der Waals surface area contributed by atoms with Crippen LogP contribution in [-0.2, 0) is 6.54 Å². The Morgan fingerprint density at radius 2 is 2.04 bits per heavy atom. The molecule has 0 unspecified atom stereocenters. The maximum Gasteiger partial charge on any atom is 0.272 e. The highest BCUT2D eigenvalue weighted by Gasteiger charge is 2.21. The monoisotopic (exact) mass is 395 g/mol. The quantitative estimate of drug-likeness (QED) is 0.741. The first-order chi connectivity index (χ1) is 13.6. The van der Waals surface area contributed by atoms with Crippen LogP contribution in [0.3, 0.4) is 0 Å². The summed E-state index contributed by atoms with van der Waals surface area (Å²) in [5.74, 6) is 0. The number of allylic oxidation sites excluding steroid dienone is 1. The third kappa shape index (κ3) is 2.95. The molecule has 0 radical (unpaired) electrons. The Morgan fingerprint density at radius 1 is 1.21 bits per heavy atom. The Labute approximate surface area is 168 Å². The molecule has 146 valence electrons. The number of hydrogen-bond donors (Lipinski definition) is 1. The SMILES string of the molecule is Cc1c(CN2CCN(C3=CN(C)CC=C3)CC2)sc2c1[nH]c(=O)c1cccn12. The number of rotatable bonds is 3. The molecule has 7 heteroatoms. The van der Waals surface area contributed by atoms with E-state index in [1.807, 2.05) is 22.7 Å². The number of likely N-dealkylation sites (N-methyl/N-ethyl adjacent to an activating group) is 1. The molecule has 5 heterocycles.